The number of hydrogen-bond donors (Lipinski definition) is 0. The molecule has 0 aliphatic rings. The van der Waals surface area contributed by atoms with Gasteiger partial charge >= 0.3 is 0 Å². The number of pyridine rings is 2. The lowest BCUT2D eigenvalue weighted by Crippen LogP contribution is -2.14. The number of benzene rings is 1. The van der Waals surface area contributed by atoms with Crippen molar-refractivity contribution in [2.75, 3.05) is 27.7 Å². The van der Waals surface area contributed by atoms with Crippen molar-refractivity contribution in [1.29, 1.82) is 0 Å². The molecule has 0 spiro atoms. The van der Waals surface area contributed by atoms with Gasteiger partial charge in [-0.2, -0.15) is 0 Å². The number of aryl methyl sites for hydroxylation is 1. The summed E-state index contributed by atoms with van der Waals surface area (Å²) in [6.07, 6.45) is 8.98. The lowest BCUT2D eigenvalue weighted by molar-refractivity contribution is 0.388. The smallest absolute Gasteiger partial charge is 0.118 e. The Bertz CT molecular complexity index is 1100. The van der Waals surface area contributed by atoms with E-state index in [0.29, 0.717) is 0 Å². The molecule has 0 aliphatic heterocycles. The molecule has 3 aromatic heterocycles. The second-order valence-corrected chi connectivity index (χ2v) is 7.45. The number of hydrogen-bond acceptors (Lipinski definition) is 4. The number of ether oxygens (including phenoxy) is 1. The van der Waals surface area contributed by atoms with Gasteiger partial charge in [0.25, 0.3) is 0 Å². The van der Waals surface area contributed by atoms with Crippen LogP contribution in [0, 0.1) is 0 Å². The maximum atomic E-state index is 5.27. The van der Waals surface area contributed by atoms with Crippen LogP contribution in [-0.4, -0.2) is 47.2 Å². The third-order valence-electron chi connectivity index (χ3n) is 5.11. The van der Waals surface area contributed by atoms with Crippen molar-refractivity contribution in [2.45, 2.75) is 13.0 Å². The first-order valence-corrected chi connectivity index (χ1v) is 9.84. The Hall–Kier alpha value is -3.18. The van der Waals surface area contributed by atoms with Gasteiger partial charge in [0.1, 0.15) is 5.75 Å². The SMILES string of the molecule is COc1ccc(-c2cncc(-c3cn(CCCN(C)C)c4cccnc34)c2)cc1. The molecule has 0 atom stereocenters. The molecule has 1 aromatic carbocycles. The summed E-state index contributed by atoms with van der Waals surface area (Å²) in [6.45, 7) is 2.02. The summed E-state index contributed by atoms with van der Waals surface area (Å²) in [5.41, 5.74) is 6.57. The van der Waals surface area contributed by atoms with Gasteiger partial charge in [-0.25, -0.2) is 0 Å². The zero-order chi connectivity index (χ0) is 20.2. The standard InChI is InChI=1S/C24H26N4O/c1-27(2)12-5-13-28-17-22(24-23(28)6-4-11-26-24)20-14-19(15-25-16-20)18-7-9-21(29-3)10-8-18/h4,6-11,14-17H,5,12-13H2,1-3H3. The van der Waals surface area contributed by atoms with E-state index in [9.17, 15) is 0 Å². The van der Waals surface area contributed by atoms with Gasteiger partial charge in [0.05, 0.1) is 18.1 Å². The Labute approximate surface area is 171 Å². The quantitative estimate of drug-likeness (QED) is 0.461. The zero-order valence-corrected chi connectivity index (χ0v) is 17.2. The van der Waals surface area contributed by atoms with Crippen LogP contribution < -0.4 is 4.74 Å². The van der Waals surface area contributed by atoms with Crippen LogP contribution in [0.3, 0.4) is 0 Å². The molecule has 0 saturated carbocycles. The summed E-state index contributed by atoms with van der Waals surface area (Å²) in [4.78, 5) is 11.4. The van der Waals surface area contributed by atoms with Crippen LogP contribution in [0.2, 0.25) is 0 Å². The molecule has 0 N–H and O–H groups in total. The molecule has 0 aliphatic carbocycles. The van der Waals surface area contributed by atoms with Gasteiger partial charge in [-0.05, 0) is 63.0 Å². The molecule has 0 radical (unpaired) electrons. The summed E-state index contributed by atoms with van der Waals surface area (Å²) in [6, 6.07) is 14.4. The van der Waals surface area contributed by atoms with Crippen LogP contribution in [0.25, 0.3) is 33.3 Å². The minimum absolute atomic E-state index is 0.850. The van der Waals surface area contributed by atoms with Gasteiger partial charge in [0, 0.05) is 48.0 Å². The Morgan fingerprint density at radius 3 is 2.55 bits per heavy atom. The molecule has 4 aromatic rings. The fourth-order valence-corrected chi connectivity index (χ4v) is 3.60. The molecular weight excluding hydrogens is 360 g/mol. The molecule has 0 fully saturated rings. The van der Waals surface area contributed by atoms with E-state index in [4.69, 9.17) is 4.74 Å². The van der Waals surface area contributed by atoms with Crippen LogP contribution in [-0.2, 0) is 6.54 Å². The normalized spacial score (nSPS) is 11.3. The van der Waals surface area contributed by atoms with Gasteiger partial charge in [0.15, 0.2) is 0 Å². The summed E-state index contributed by atoms with van der Waals surface area (Å²) in [7, 11) is 5.90. The second kappa shape index (κ2) is 8.45. The van der Waals surface area contributed by atoms with E-state index in [0.717, 1.165) is 58.5 Å². The molecule has 5 nitrogen and oxygen atoms in total. The highest BCUT2D eigenvalue weighted by molar-refractivity contribution is 5.93. The third-order valence-corrected chi connectivity index (χ3v) is 5.11. The summed E-state index contributed by atoms with van der Waals surface area (Å²) in [5.74, 6) is 0.850. The van der Waals surface area contributed by atoms with Crippen LogP contribution >= 0.6 is 0 Å². The molecule has 0 saturated heterocycles. The average Bonchev–Trinajstić information content (AvgIpc) is 3.12. The first-order chi connectivity index (χ1) is 14.2. The van der Waals surface area contributed by atoms with Crippen molar-refractivity contribution < 1.29 is 4.74 Å². The number of nitrogens with zero attached hydrogens (tertiary/aromatic N) is 4. The highest BCUT2D eigenvalue weighted by Crippen LogP contribution is 2.32. The average molecular weight is 386 g/mol. The lowest BCUT2D eigenvalue weighted by Gasteiger charge is -2.10. The van der Waals surface area contributed by atoms with Crippen molar-refractivity contribution in [1.82, 2.24) is 19.4 Å². The fourth-order valence-electron chi connectivity index (χ4n) is 3.60. The Morgan fingerprint density at radius 1 is 1.00 bits per heavy atom. The van der Waals surface area contributed by atoms with E-state index >= 15 is 0 Å². The number of methoxy groups -OCH3 is 1. The van der Waals surface area contributed by atoms with Crippen LogP contribution in [0.4, 0.5) is 0 Å². The molecule has 0 unspecified atom stereocenters. The van der Waals surface area contributed by atoms with E-state index in [-0.39, 0.29) is 0 Å². The minimum atomic E-state index is 0.850. The predicted octanol–water partition coefficient (Wildman–Crippen LogP) is 4.73. The van der Waals surface area contributed by atoms with E-state index in [2.05, 4.69) is 64.0 Å². The largest absolute Gasteiger partial charge is 0.497 e. The number of aromatic nitrogens is 3. The first kappa shape index (κ1) is 19.2. The predicted molar refractivity (Wildman–Crippen MR) is 118 cm³/mol. The zero-order valence-electron chi connectivity index (χ0n) is 17.2. The van der Waals surface area contributed by atoms with Gasteiger partial charge in [-0.15, -0.1) is 0 Å². The molecule has 0 bridgehead atoms. The monoisotopic (exact) mass is 386 g/mol. The van der Waals surface area contributed by atoms with E-state index in [1.54, 1.807) is 7.11 Å². The second-order valence-electron chi connectivity index (χ2n) is 7.45. The molecule has 4 rings (SSSR count). The maximum Gasteiger partial charge on any atom is 0.118 e. The van der Waals surface area contributed by atoms with Crippen molar-refractivity contribution in [3.05, 3.63) is 67.3 Å². The highest BCUT2D eigenvalue weighted by Gasteiger charge is 2.12. The first-order valence-electron chi connectivity index (χ1n) is 9.84. The third kappa shape index (κ3) is 4.15. The summed E-state index contributed by atoms with van der Waals surface area (Å²) in [5, 5.41) is 0. The van der Waals surface area contributed by atoms with E-state index in [1.807, 2.05) is 36.8 Å². The van der Waals surface area contributed by atoms with Crippen LogP contribution in [0.5, 0.6) is 5.75 Å². The molecule has 0 amide bonds. The summed E-state index contributed by atoms with van der Waals surface area (Å²) >= 11 is 0. The Balaban J connectivity index is 1.71. The van der Waals surface area contributed by atoms with Crippen molar-refractivity contribution in [2.24, 2.45) is 0 Å². The van der Waals surface area contributed by atoms with Crippen molar-refractivity contribution >= 4 is 11.0 Å². The molecular formula is C24H26N4O. The molecule has 148 valence electrons. The van der Waals surface area contributed by atoms with Crippen molar-refractivity contribution in [3.8, 4) is 28.0 Å². The highest BCUT2D eigenvalue weighted by atomic mass is 16.5. The van der Waals surface area contributed by atoms with Gasteiger partial charge in [0.2, 0.25) is 0 Å². The van der Waals surface area contributed by atoms with Gasteiger partial charge < -0.3 is 14.2 Å². The lowest BCUT2D eigenvalue weighted by atomic mass is 10.0. The molecule has 29 heavy (non-hydrogen) atoms. The van der Waals surface area contributed by atoms with Gasteiger partial charge in [-0.3, -0.25) is 9.97 Å². The Morgan fingerprint density at radius 2 is 1.79 bits per heavy atom. The summed E-state index contributed by atoms with van der Waals surface area (Å²) < 4.78 is 7.57. The topological polar surface area (TPSA) is 43.2 Å². The van der Waals surface area contributed by atoms with Gasteiger partial charge in [-0.1, -0.05) is 12.1 Å². The van der Waals surface area contributed by atoms with Crippen LogP contribution in [0.1, 0.15) is 6.42 Å². The molecule has 3 heterocycles. The maximum absolute atomic E-state index is 5.27. The Kier molecular flexibility index (Phi) is 5.58. The number of fused-ring (bicyclic) bond motifs is 1. The number of rotatable bonds is 7. The van der Waals surface area contributed by atoms with Crippen LogP contribution in [0.15, 0.2) is 67.3 Å². The van der Waals surface area contributed by atoms with Crippen molar-refractivity contribution in [3.63, 3.8) is 0 Å². The van der Waals surface area contributed by atoms with E-state index < -0.39 is 0 Å². The fraction of sp³-hybridized carbons (Fsp3) is 0.250. The molecule has 5 heteroatoms. The minimum Gasteiger partial charge on any atom is -0.497 e. The van der Waals surface area contributed by atoms with E-state index in [1.165, 1.54) is 0 Å².